The van der Waals surface area contributed by atoms with E-state index in [0.717, 1.165) is 11.3 Å². The van der Waals surface area contributed by atoms with Crippen LogP contribution in [-0.2, 0) is 16.0 Å². The molecule has 2 unspecified atom stereocenters. The molecule has 6 heteroatoms. The van der Waals surface area contributed by atoms with Gasteiger partial charge in [0, 0.05) is 24.7 Å². The summed E-state index contributed by atoms with van der Waals surface area (Å²) >= 11 is 0. The zero-order chi connectivity index (χ0) is 18.8. The van der Waals surface area contributed by atoms with Crippen molar-refractivity contribution in [3.05, 3.63) is 66.0 Å². The summed E-state index contributed by atoms with van der Waals surface area (Å²) in [5.74, 6) is 1.57. The number of nitrogens with one attached hydrogen (secondary N) is 2. The normalized spacial score (nSPS) is 12.5. The first-order valence-corrected chi connectivity index (χ1v) is 8.31. The third kappa shape index (κ3) is 6.04. The Hall–Kier alpha value is -3.17. The number of nitrogens with zero attached hydrogens (tertiary/aromatic N) is 1. The molecule has 134 valence electrons. The molecule has 0 fully saturated rings. The molecule has 2 amide bonds. The first-order chi connectivity index (χ1) is 12.6. The molecule has 6 nitrogen and oxygen atoms in total. The highest BCUT2D eigenvalue weighted by Crippen LogP contribution is 2.17. The van der Waals surface area contributed by atoms with E-state index in [1.165, 1.54) is 0 Å². The van der Waals surface area contributed by atoms with E-state index >= 15 is 0 Å². The molecule has 0 aliphatic heterocycles. The van der Waals surface area contributed by atoms with Crippen LogP contribution in [0.4, 0.5) is 0 Å². The van der Waals surface area contributed by atoms with Crippen molar-refractivity contribution < 1.29 is 9.59 Å². The minimum absolute atomic E-state index is 0.125. The topological polar surface area (TPSA) is 97.1 Å². The van der Waals surface area contributed by atoms with Crippen LogP contribution in [0.2, 0.25) is 0 Å². The summed E-state index contributed by atoms with van der Waals surface area (Å²) in [7, 11) is 0. The van der Waals surface area contributed by atoms with Crippen molar-refractivity contribution >= 4 is 11.8 Å². The number of carbonyl (C=O) groups excluding carboxylic acids is 2. The summed E-state index contributed by atoms with van der Waals surface area (Å²) in [6.45, 7) is -0.164. The van der Waals surface area contributed by atoms with Gasteiger partial charge in [-0.1, -0.05) is 36.4 Å². The molecule has 2 aromatic rings. The molecule has 4 N–H and O–H groups in total. The van der Waals surface area contributed by atoms with E-state index in [-0.39, 0.29) is 24.9 Å². The molecule has 1 aromatic heterocycles. The Morgan fingerprint density at radius 1 is 1.15 bits per heavy atom. The summed E-state index contributed by atoms with van der Waals surface area (Å²) in [6, 6.07) is 14.2. The fraction of sp³-hybridized carbons (Fsp3) is 0.250. The quantitative estimate of drug-likeness (QED) is 0.618. The number of hydrogen-bond acceptors (Lipinski definition) is 4. The number of benzene rings is 1. The maximum Gasteiger partial charge on any atom is 0.239 e. The molecule has 0 bridgehead atoms. The highest BCUT2D eigenvalue weighted by atomic mass is 16.2. The maximum absolute atomic E-state index is 12.3. The Morgan fingerprint density at radius 3 is 2.54 bits per heavy atom. The Balaban J connectivity index is 1.99. The number of carbonyl (C=O) groups is 2. The van der Waals surface area contributed by atoms with Gasteiger partial charge in [0.2, 0.25) is 11.8 Å². The van der Waals surface area contributed by atoms with Crippen LogP contribution in [-0.4, -0.2) is 29.4 Å². The number of hydrogen-bond donors (Lipinski definition) is 3. The average Bonchev–Trinajstić information content (AvgIpc) is 2.67. The minimum Gasteiger partial charge on any atom is -0.347 e. The van der Waals surface area contributed by atoms with Gasteiger partial charge in [-0.25, -0.2) is 0 Å². The van der Waals surface area contributed by atoms with E-state index in [4.69, 9.17) is 12.2 Å². The molecule has 0 aliphatic carbocycles. The lowest BCUT2D eigenvalue weighted by molar-refractivity contribution is -0.127. The van der Waals surface area contributed by atoms with Gasteiger partial charge < -0.3 is 16.4 Å². The Labute approximate surface area is 153 Å². The maximum atomic E-state index is 12.3. The van der Waals surface area contributed by atoms with Crippen LogP contribution in [0.15, 0.2) is 54.7 Å². The van der Waals surface area contributed by atoms with Gasteiger partial charge in [-0.2, -0.15) is 0 Å². The second-order valence-electron chi connectivity index (χ2n) is 5.79. The predicted molar refractivity (Wildman–Crippen MR) is 99.7 cm³/mol. The number of pyridine rings is 1. The largest absolute Gasteiger partial charge is 0.347 e. The second-order valence-corrected chi connectivity index (χ2v) is 5.79. The molecule has 26 heavy (non-hydrogen) atoms. The van der Waals surface area contributed by atoms with Crippen molar-refractivity contribution in [2.24, 2.45) is 5.73 Å². The first kappa shape index (κ1) is 19.2. The number of amides is 2. The lowest BCUT2D eigenvalue weighted by Crippen LogP contribution is -2.45. The molecule has 2 rings (SSSR count). The lowest BCUT2D eigenvalue weighted by Gasteiger charge is -2.19. The third-order valence-corrected chi connectivity index (χ3v) is 3.77. The molecular weight excluding hydrogens is 328 g/mol. The standard InChI is InChI=1S/C20H22N4O2/c1-2-8-17(21)20(26)23-14-19(25)24-18(15-9-4-3-5-10-15)13-16-11-6-7-12-22-16/h1,3-7,9-12,17-18H,8,13-14,21H2,(H,23,26)(H,24,25). The third-order valence-electron chi connectivity index (χ3n) is 3.77. The number of terminal acetylenes is 1. The molecule has 1 aromatic carbocycles. The first-order valence-electron chi connectivity index (χ1n) is 8.31. The fourth-order valence-electron chi connectivity index (χ4n) is 2.43. The zero-order valence-electron chi connectivity index (χ0n) is 14.4. The molecule has 0 spiro atoms. The van der Waals surface area contributed by atoms with E-state index in [9.17, 15) is 9.59 Å². The molecule has 0 aliphatic rings. The van der Waals surface area contributed by atoms with Gasteiger partial charge in [-0.15, -0.1) is 12.3 Å². The number of nitrogens with two attached hydrogens (primary N) is 1. The number of rotatable bonds is 8. The van der Waals surface area contributed by atoms with E-state index < -0.39 is 11.9 Å². The van der Waals surface area contributed by atoms with Crippen LogP contribution in [0.5, 0.6) is 0 Å². The van der Waals surface area contributed by atoms with Gasteiger partial charge in [0.1, 0.15) is 0 Å². The van der Waals surface area contributed by atoms with Gasteiger partial charge in [0.25, 0.3) is 0 Å². The summed E-state index contributed by atoms with van der Waals surface area (Å²) in [6.07, 6.45) is 7.51. The van der Waals surface area contributed by atoms with Crippen molar-refractivity contribution in [2.45, 2.75) is 24.9 Å². The monoisotopic (exact) mass is 350 g/mol. The molecule has 2 atom stereocenters. The average molecular weight is 350 g/mol. The Kier molecular flexibility index (Phi) is 7.34. The Morgan fingerprint density at radius 2 is 1.88 bits per heavy atom. The number of aromatic nitrogens is 1. The van der Waals surface area contributed by atoms with Crippen LogP contribution in [0.1, 0.15) is 23.7 Å². The van der Waals surface area contributed by atoms with Crippen molar-refractivity contribution in [1.29, 1.82) is 0 Å². The molecule has 1 heterocycles. The highest BCUT2D eigenvalue weighted by Gasteiger charge is 2.17. The van der Waals surface area contributed by atoms with E-state index in [0.29, 0.717) is 6.42 Å². The molecule has 0 saturated carbocycles. The summed E-state index contributed by atoms with van der Waals surface area (Å²) in [5.41, 5.74) is 7.44. The SMILES string of the molecule is C#CCC(N)C(=O)NCC(=O)NC(Cc1ccccn1)c1ccccc1. The van der Waals surface area contributed by atoms with E-state index in [1.54, 1.807) is 6.20 Å². The van der Waals surface area contributed by atoms with Gasteiger partial charge >= 0.3 is 0 Å². The summed E-state index contributed by atoms with van der Waals surface area (Å²) in [4.78, 5) is 28.3. The van der Waals surface area contributed by atoms with Crippen LogP contribution in [0, 0.1) is 12.3 Å². The van der Waals surface area contributed by atoms with Crippen LogP contribution < -0.4 is 16.4 Å². The zero-order valence-corrected chi connectivity index (χ0v) is 14.4. The highest BCUT2D eigenvalue weighted by molar-refractivity contribution is 5.87. The minimum atomic E-state index is -0.814. The van der Waals surface area contributed by atoms with Crippen LogP contribution in [0.25, 0.3) is 0 Å². The fourth-order valence-corrected chi connectivity index (χ4v) is 2.43. The predicted octanol–water partition coefficient (Wildman–Crippen LogP) is 0.948. The molecule has 0 saturated heterocycles. The van der Waals surface area contributed by atoms with Crippen molar-refractivity contribution in [2.75, 3.05) is 6.54 Å². The summed E-state index contributed by atoms with van der Waals surface area (Å²) < 4.78 is 0. The van der Waals surface area contributed by atoms with Crippen molar-refractivity contribution in [1.82, 2.24) is 15.6 Å². The van der Waals surface area contributed by atoms with Crippen LogP contribution >= 0.6 is 0 Å². The second kappa shape index (κ2) is 9.97. The van der Waals surface area contributed by atoms with Crippen molar-refractivity contribution in [3.63, 3.8) is 0 Å². The molecular formula is C20H22N4O2. The van der Waals surface area contributed by atoms with Gasteiger partial charge in [-0.3, -0.25) is 14.6 Å². The van der Waals surface area contributed by atoms with Crippen molar-refractivity contribution in [3.8, 4) is 12.3 Å². The lowest BCUT2D eigenvalue weighted by atomic mass is 10.0. The van der Waals surface area contributed by atoms with Gasteiger partial charge in [0.15, 0.2) is 0 Å². The van der Waals surface area contributed by atoms with Crippen LogP contribution in [0.3, 0.4) is 0 Å². The van der Waals surface area contributed by atoms with Gasteiger partial charge in [-0.05, 0) is 17.7 Å². The van der Waals surface area contributed by atoms with E-state index in [1.807, 2.05) is 48.5 Å². The Bertz CT molecular complexity index is 756. The molecule has 0 radical (unpaired) electrons. The smallest absolute Gasteiger partial charge is 0.239 e. The summed E-state index contributed by atoms with van der Waals surface area (Å²) in [5, 5.41) is 5.43. The van der Waals surface area contributed by atoms with Gasteiger partial charge in [0.05, 0.1) is 18.6 Å². The van der Waals surface area contributed by atoms with E-state index in [2.05, 4.69) is 21.5 Å².